The summed E-state index contributed by atoms with van der Waals surface area (Å²) in [4.78, 5) is 18.4. The first-order valence-electron chi connectivity index (χ1n) is 3.52. The van der Waals surface area contributed by atoms with E-state index >= 15 is 0 Å². The second-order valence-corrected chi connectivity index (χ2v) is 3.33. The summed E-state index contributed by atoms with van der Waals surface area (Å²) in [6.45, 7) is 0. The molecule has 0 fully saturated rings. The molecule has 0 radical (unpaired) electrons. The number of carbonyl (C=O) groups is 1. The zero-order valence-corrected chi connectivity index (χ0v) is 7.97. The molecule has 0 saturated heterocycles. The Morgan fingerprint density at radius 1 is 1.69 bits per heavy atom. The molecule has 2 heterocycles. The van der Waals surface area contributed by atoms with Crippen molar-refractivity contribution in [2.24, 2.45) is 9.98 Å². The van der Waals surface area contributed by atoms with Crippen LogP contribution >= 0.6 is 15.9 Å². The van der Waals surface area contributed by atoms with Crippen molar-refractivity contribution < 1.29 is 14.5 Å². The number of fused-ring (bicyclic) bond motifs is 1. The highest BCUT2D eigenvalue weighted by Crippen LogP contribution is 2.12. The van der Waals surface area contributed by atoms with Gasteiger partial charge in [-0.3, -0.25) is 0 Å². The third-order valence-corrected chi connectivity index (χ3v) is 2.31. The number of carboxylic acid groups (broad SMARTS) is 1. The molecule has 6 heteroatoms. The third kappa shape index (κ3) is 1.33. The predicted octanol–water partition coefficient (Wildman–Crippen LogP) is 0.213. The lowest BCUT2D eigenvalue weighted by molar-refractivity contribution is -0.470. The van der Waals surface area contributed by atoms with Crippen molar-refractivity contribution in [1.82, 2.24) is 0 Å². The average Bonchev–Trinajstić information content (AvgIpc) is 2.47. The first-order chi connectivity index (χ1) is 6.18. The number of aliphatic imine (C=N–C) groups is 2. The van der Waals surface area contributed by atoms with Crippen LogP contribution in [0.25, 0.3) is 0 Å². The number of hydrogen-bond acceptors (Lipinski definition) is 3. The minimum atomic E-state index is -1.04. The van der Waals surface area contributed by atoms with Crippen LogP contribution in [0.4, 0.5) is 0 Å². The van der Waals surface area contributed by atoms with E-state index in [0.717, 1.165) is 4.62 Å². The van der Waals surface area contributed by atoms with Gasteiger partial charge in [-0.2, -0.15) is 4.58 Å². The van der Waals surface area contributed by atoms with Gasteiger partial charge >= 0.3 is 5.97 Å². The Morgan fingerprint density at radius 2 is 2.46 bits per heavy atom. The van der Waals surface area contributed by atoms with Crippen molar-refractivity contribution in [1.29, 1.82) is 0 Å². The highest BCUT2D eigenvalue weighted by molar-refractivity contribution is 9.19. The highest BCUT2D eigenvalue weighted by Gasteiger charge is 2.30. The molecule has 0 aliphatic carbocycles. The summed E-state index contributed by atoms with van der Waals surface area (Å²) < 4.78 is 2.43. The molecular weight excluding hydrogens is 238 g/mol. The van der Waals surface area contributed by atoms with Crippen LogP contribution < -0.4 is 0 Å². The first-order valence-corrected chi connectivity index (χ1v) is 4.31. The van der Waals surface area contributed by atoms with Crippen molar-refractivity contribution in [3.63, 3.8) is 0 Å². The molecular formula is C7H5BrN3O2+. The Kier molecular flexibility index (Phi) is 1.84. The number of rotatable bonds is 1. The van der Waals surface area contributed by atoms with Gasteiger partial charge in [0.15, 0.2) is 0 Å². The van der Waals surface area contributed by atoms with Gasteiger partial charge in [0.2, 0.25) is 11.9 Å². The zero-order chi connectivity index (χ0) is 9.42. The van der Waals surface area contributed by atoms with E-state index in [1.807, 2.05) is 0 Å². The maximum Gasteiger partial charge on any atom is 0.360 e. The van der Waals surface area contributed by atoms with Gasteiger partial charge in [-0.1, -0.05) is 0 Å². The van der Waals surface area contributed by atoms with Crippen LogP contribution in [0.1, 0.15) is 0 Å². The minimum Gasteiger partial charge on any atom is -0.476 e. The molecule has 0 amide bonds. The van der Waals surface area contributed by atoms with Gasteiger partial charge < -0.3 is 5.11 Å². The SMILES string of the molecule is O=C(O)C1=C[N+]2=C(Br)C=NC2C=N1. The molecule has 0 aromatic rings. The normalized spacial score (nSPS) is 24.7. The van der Waals surface area contributed by atoms with Crippen LogP contribution in [0.15, 0.2) is 21.9 Å². The quantitative estimate of drug-likeness (QED) is 0.669. The van der Waals surface area contributed by atoms with Crippen LogP contribution in [0.2, 0.25) is 0 Å². The topological polar surface area (TPSA) is 65.0 Å². The Morgan fingerprint density at radius 3 is 3.15 bits per heavy atom. The predicted molar refractivity (Wildman–Crippen MR) is 50.7 cm³/mol. The van der Waals surface area contributed by atoms with E-state index < -0.39 is 5.97 Å². The van der Waals surface area contributed by atoms with Crippen molar-refractivity contribution in [3.8, 4) is 0 Å². The molecule has 0 bridgehead atoms. The van der Waals surface area contributed by atoms with Gasteiger partial charge in [0.05, 0.1) is 6.21 Å². The number of hydrogen-bond donors (Lipinski definition) is 1. The van der Waals surface area contributed by atoms with E-state index in [1.165, 1.54) is 12.4 Å². The van der Waals surface area contributed by atoms with Crippen molar-refractivity contribution in [2.45, 2.75) is 6.17 Å². The summed E-state index contributed by atoms with van der Waals surface area (Å²) in [5.41, 5.74) is 0.0127. The van der Waals surface area contributed by atoms with E-state index in [0.29, 0.717) is 0 Å². The fraction of sp³-hybridized carbons (Fsp3) is 0.143. The van der Waals surface area contributed by atoms with Crippen molar-refractivity contribution >= 4 is 38.9 Å². The molecule has 0 aromatic carbocycles. The molecule has 0 saturated carbocycles. The van der Waals surface area contributed by atoms with Gasteiger partial charge in [0, 0.05) is 15.9 Å². The summed E-state index contributed by atoms with van der Waals surface area (Å²) >= 11 is 3.25. The Hall–Kier alpha value is -1.30. The van der Waals surface area contributed by atoms with Gasteiger partial charge in [-0.05, 0) is 0 Å². The molecule has 5 nitrogen and oxygen atoms in total. The summed E-state index contributed by atoms with van der Waals surface area (Å²) in [5, 5.41) is 8.67. The first kappa shape index (κ1) is 8.31. The molecule has 66 valence electrons. The van der Waals surface area contributed by atoms with Gasteiger partial charge in [0.1, 0.15) is 6.21 Å². The van der Waals surface area contributed by atoms with E-state index in [2.05, 4.69) is 25.9 Å². The summed E-state index contributed by atoms with van der Waals surface area (Å²) in [6, 6.07) is 0. The molecule has 0 spiro atoms. The lowest BCUT2D eigenvalue weighted by Crippen LogP contribution is -2.25. The standard InChI is InChI=1S/C7H4BrN3O2/c8-5-1-10-6-2-9-4(7(12)13)3-11(5)6/h1-3,6H/p+1. The average molecular weight is 243 g/mol. The smallest absolute Gasteiger partial charge is 0.360 e. The molecule has 0 aromatic heterocycles. The fourth-order valence-electron chi connectivity index (χ4n) is 1.07. The van der Waals surface area contributed by atoms with Crippen molar-refractivity contribution in [3.05, 3.63) is 11.9 Å². The Labute approximate surface area is 81.9 Å². The lowest BCUT2D eigenvalue weighted by atomic mass is 10.4. The second kappa shape index (κ2) is 2.88. The third-order valence-electron chi connectivity index (χ3n) is 1.69. The molecule has 13 heavy (non-hydrogen) atoms. The van der Waals surface area contributed by atoms with E-state index in [4.69, 9.17) is 5.11 Å². The lowest BCUT2D eigenvalue weighted by Gasteiger charge is -2.04. The fourth-order valence-corrected chi connectivity index (χ4v) is 1.50. The second-order valence-electron chi connectivity index (χ2n) is 2.52. The molecule has 2 rings (SSSR count). The maximum absolute atomic E-state index is 10.6. The van der Waals surface area contributed by atoms with Crippen LogP contribution in [-0.4, -0.2) is 38.9 Å². The van der Waals surface area contributed by atoms with Gasteiger partial charge in [0.25, 0.3) is 10.8 Å². The summed E-state index contributed by atoms with van der Waals surface area (Å²) in [7, 11) is 0. The molecule has 1 unspecified atom stereocenters. The number of aliphatic carboxylic acids is 1. The molecule has 2 aliphatic rings. The highest BCUT2D eigenvalue weighted by atomic mass is 79.9. The maximum atomic E-state index is 10.6. The van der Waals surface area contributed by atoms with E-state index in [9.17, 15) is 4.79 Å². The van der Waals surface area contributed by atoms with Crippen LogP contribution in [-0.2, 0) is 4.79 Å². The number of carboxylic acids is 1. The summed E-state index contributed by atoms with van der Waals surface area (Å²) in [5.74, 6) is -1.04. The Balaban J connectivity index is 2.42. The van der Waals surface area contributed by atoms with E-state index in [-0.39, 0.29) is 11.9 Å². The minimum absolute atomic E-state index is 0.0127. The molecule has 1 atom stereocenters. The van der Waals surface area contributed by atoms with Crippen LogP contribution in [0, 0.1) is 0 Å². The van der Waals surface area contributed by atoms with E-state index in [1.54, 1.807) is 10.8 Å². The zero-order valence-electron chi connectivity index (χ0n) is 6.38. The van der Waals surface area contributed by atoms with Crippen LogP contribution in [0.5, 0.6) is 0 Å². The summed E-state index contributed by atoms with van der Waals surface area (Å²) in [6.07, 6.45) is 4.37. The van der Waals surface area contributed by atoms with Crippen molar-refractivity contribution in [2.75, 3.05) is 0 Å². The van der Waals surface area contributed by atoms with Gasteiger partial charge in [-0.25, -0.2) is 14.8 Å². The molecule has 1 N–H and O–H groups in total. The van der Waals surface area contributed by atoms with Gasteiger partial charge in [-0.15, -0.1) is 0 Å². The number of halogens is 1. The molecule has 2 aliphatic heterocycles. The van der Waals surface area contributed by atoms with Crippen LogP contribution in [0.3, 0.4) is 0 Å². The monoisotopic (exact) mass is 242 g/mol. The number of nitrogens with zero attached hydrogens (tertiary/aromatic N) is 3. The Bertz CT molecular complexity index is 395. The largest absolute Gasteiger partial charge is 0.476 e.